The number of nitrogens with zero attached hydrogens (tertiary/aromatic N) is 4. The topological polar surface area (TPSA) is 22.6 Å². The maximum absolute atomic E-state index is 4.73. The fourth-order valence-electron chi connectivity index (χ4n) is 4.71. The van der Waals surface area contributed by atoms with Crippen LogP contribution in [0.2, 0.25) is 0 Å². The second-order valence-electron chi connectivity index (χ2n) is 8.45. The summed E-state index contributed by atoms with van der Waals surface area (Å²) < 4.78 is 0. The van der Waals surface area contributed by atoms with Crippen LogP contribution in [0.5, 0.6) is 0 Å². The predicted molar refractivity (Wildman–Crippen MR) is 117 cm³/mol. The first kappa shape index (κ1) is 19.4. The van der Waals surface area contributed by atoms with Crippen molar-refractivity contribution in [3.05, 3.63) is 59.3 Å². The lowest BCUT2D eigenvalue weighted by molar-refractivity contribution is 0.110. The lowest BCUT2D eigenvalue weighted by atomic mass is 10.0. The molecule has 0 radical (unpaired) electrons. The van der Waals surface area contributed by atoms with Crippen molar-refractivity contribution >= 4 is 5.82 Å². The van der Waals surface area contributed by atoms with E-state index >= 15 is 0 Å². The highest BCUT2D eigenvalue weighted by molar-refractivity contribution is 5.39. The summed E-state index contributed by atoms with van der Waals surface area (Å²) in [6.45, 7) is 12.5. The van der Waals surface area contributed by atoms with Gasteiger partial charge in [0.25, 0.3) is 0 Å². The van der Waals surface area contributed by atoms with Gasteiger partial charge in [0.1, 0.15) is 5.82 Å². The third-order valence-electron chi connectivity index (χ3n) is 6.46. The first-order valence-electron chi connectivity index (χ1n) is 10.9. The normalized spacial score (nSPS) is 20.3. The highest BCUT2D eigenvalue weighted by Crippen LogP contribution is 2.22. The lowest BCUT2D eigenvalue weighted by Gasteiger charge is -2.38. The van der Waals surface area contributed by atoms with Crippen LogP contribution in [0.3, 0.4) is 0 Å². The van der Waals surface area contributed by atoms with Gasteiger partial charge in [0.05, 0.1) is 0 Å². The van der Waals surface area contributed by atoms with E-state index in [4.69, 9.17) is 4.98 Å². The number of benzene rings is 1. The van der Waals surface area contributed by atoms with Crippen molar-refractivity contribution in [1.29, 1.82) is 0 Å². The van der Waals surface area contributed by atoms with E-state index in [1.54, 1.807) is 0 Å². The maximum atomic E-state index is 4.73. The number of piperidine rings is 1. The summed E-state index contributed by atoms with van der Waals surface area (Å²) >= 11 is 0. The molecule has 4 heteroatoms. The van der Waals surface area contributed by atoms with Gasteiger partial charge in [0.2, 0.25) is 0 Å². The van der Waals surface area contributed by atoms with Crippen LogP contribution in [0.1, 0.15) is 36.1 Å². The summed E-state index contributed by atoms with van der Waals surface area (Å²) in [6.07, 6.45) is 3.84. The van der Waals surface area contributed by atoms with E-state index in [0.717, 1.165) is 43.7 Å². The summed E-state index contributed by atoms with van der Waals surface area (Å²) in [5, 5.41) is 0. The molecule has 2 saturated heterocycles. The molecule has 1 aromatic carbocycles. The zero-order chi connectivity index (χ0) is 19.3. The fraction of sp³-hybridized carbons (Fsp3) is 0.542. The minimum Gasteiger partial charge on any atom is -0.355 e. The van der Waals surface area contributed by atoms with Gasteiger partial charge < -0.3 is 4.90 Å². The minimum absolute atomic E-state index is 0.749. The number of hydrogen-bond donors (Lipinski definition) is 0. The Morgan fingerprint density at radius 1 is 0.857 bits per heavy atom. The Morgan fingerprint density at radius 2 is 1.68 bits per heavy atom. The van der Waals surface area contributed by atoms with Crippen molar-refractivity contribution in [2.45, 2.75) is 45.7 Å². The van der Waals surface area contributed by atoms with E-state index in [1.165, 1.54) is 50.0 Å². The quantitative estimate of drug-likeness (QED) is 0.805. The summed E-state index contributed by atoms with van der Waals surface area (Å²) in [5.41, 5.74) is 4.01. The molecule has 150 valence electrons. The van der Waals surface area contributed by atoms with Crippen molar-refractivity contribution in [3.8, 4) is 0 Å². The zero-order valence-electron chi connectivity index (χ0n) is 17.5. The highest BCUT2D eigenvalue weighted by atomic mass is 15.3. The third kappa shape index (κ3) is 4.73. The molecule has 2 aromatic rings. The zero-order valence-corrected chi connectivity index (χ0v) is 17.5. The molecule has 2 aliphatic heterocycles. The monoisotopic (exact) mass is 378 g/mol. The SMILES string of the molecule is Cc1cccc(N2CCCN(C3CCN(Cc4ccccc4C)CC3)CC2)n1. The number of pyridine rings is 1. The largest absolute Gasteiger partial charge is 0.355 e. The Labute approximate surface area is 170 Å². The summed E-state index contributed by atoms with van der Waals surface area (Å²) in [4.78, 5) is 12.6. The molecule has 28 heavy (non-hydrogen) atoms. The molecule has 0 saturated carbocycles. The van der Waals surface area contributed by atoms with E-state index in [9.17, 15) is 0 Å². The van der Waals surface area contributed by atoms with Gasteiger partial charge in [0, 0.05) is 44.5 Å². The van der Waals surface area contributed by atoms with E-state index < -0.39 is 0 Å². The van der Waals surface area contributed by atoms with E-state index in [2.05, 4.69) is 71.0 Å². The Bertz CT molecular complexity index is 767. The molecule has 0 amide bonds. The number of rotatable bonds is 4. The molecule has 1 aromatic heterocycles. The second kappa shape index (κ2) is 9.06. The van der Waals surface area contributed by atoms with Crippen LogP contribution in [0.15, 0.2) is 42.5 Å². The Kier molecular flexibility index (Phi) is 6.28. The van der Waals surface area contributed by atoms with Crippen LogP contribution >= 0.6 is 0 Å². The summed E-state index contributed by atoms with van der Waals surface area (Å²) in [7, 11) is 0. The molecule has 0 unspecified atom stereocenters. The number of hydrogen-bond acceptors (Lipinski definition) is 4. The molecule has 2 aliphatic rings. The van der Waals surface area contributed by atoms with Crippen molar-refractivity contribution < 1.29 is 0 Å². The standard InChI is InChI=1S/C24H34N4/c1-20-7-3-4-9-22(20)19-26-15-11-23(12-16-26)27-13-6-14-28(18-17-27)24-10-5-8-21(2)25-24/h3-5,7-10,23H,6,11-19H2,1-2H3. The van der Waals surface area contributed by atoms with Crippen molar-refractivity contribution in [2.24, 2.45) is 0 Å². The predicted octanol–water partition coefficient (Wildman–Crippen LogP) is 3.88. The molecule has 0 atom stereocenters. The molecule has 4 nitrogen and oxygen atoms in total. The van der Waals surface area contributed by atoms with Crippen molar-refractivity contribution in [2.75, 3.05) is 44.2 Å². The summed E-state index contributed by atoms with van der Waals surface area (Å²) in [6, 6.07) is 15.9. The molecule has 0 N–H and O–H groups in total. The average Bonchev–Trinajstić information content (AvgIpc) is 2.97. The van der Waals surface area contributed by atoms with Gasteiger partial charge >= 0.3 is 0 Å². The van der Waals surface area contributed by atoms with Crippen LogP contribution in [0, 0.1) is 13.8 Å². The van der Waals surface area contributed by atoms with Crippen LogP contribution in [0.4, 0.5) is 5.82 Å². The number of aryl methyl sites for hydroxylation is 2. The lowest BCUT2D eigenvalue weighted by Crippen LogP contribution is -2.46. The van der Waals surface area contributed by atoms with Gasteiger partial charge in [-0.05, 0) is 69.5 Å². The van der Waals surface area contributed by atoms with Gasteiger partial charge in [-0.2, -0.15) is 0 Å². The van der Waals surface area contributed by atoms with Crippen molar-refractivity contribution in [3.63, 3.8) is 0 Å². The van der Waals surface area contributed by atoms with Gasteiger partial charge in [0.15, 0.2) is 0 Å². The van der Waals surface area contributed by atoms with Gasteiger partial charge in [-0.15, -0.1) is 0 Å². The molecule has 0 bridgehead atoms. The van der Waals surface area contributed by atoms with Crippen LogP contribution in [-0.2, 0) is 6.54 Å². The maximum Gasteiger partial charge on any atom is 0.128 e. The average molecular weight is 379 g/mol. The Morgan fingerprint density at radius 3 is 2.46 bits per heavy atom. The molecule has 0 spiro atoms. The molecular weight excluding hydrogens is 344 g/mol. The third-order valence-corrected chi connectivity index (χ3v) is 6.46. The smallest absolute Gasteiger partial charge is 0.128 e. The van der Waals surface area contributed by atoms with Gasteiger partial charge in [-0.1, -0.05) is 30.3 Å². The van der Waals surface area contributed by atoms with Gasteiger partial charge in [-0.25, -0.2) is 4.98 Å². The van der Waals surface area contributed by atoms with Crippen LogP contribution in [0.25, 0.3) is 0 Å². The minimum atomic E-state index is 0.749. The Balaban J connectivity index is 1.28. The van der Waals surface area contributed by atoms with Crippen LogP contribution in [-0.4, -0.2) is 60.1 Å². The number of aromatic nitrogens is 1. The Hall–Kier alpha value is -1.91. The fourth-order valence-corrected chi connectivity index (χ4v) is 4.71. The highest BCUT2D eigenvalue weighted by Gasteiger charge is 2.26. The molecule has 3 heterocycles. The molecular formula is C24H34N4. The summed E-state index contributed by atoms with van der Waals surface area (Å²) in [5.74, 6) is 1.15. The molecule has 2 fully saturated rings. The number of likely N-dealkylation sites (tertiary alicyclic amines) is 1. The molecule has 0 aliphatic carbocycles. The van der Waals surface area contributed by atoms with E-state index in [-0.39, 0.29) is 0 Å². The van der Waals surface area contributed by atoms with E-state index in [0.29, 0.717) is 0 Å². The first-order chi connectivity index (χ1) is 13.7. The number of anilines is 1. The first-order valence-corrected chi connectivity index (χ1v) is 10.9. The van der Waals surface area contributed by atoms with Gasteiger partial charge in [-0.3, -0.25) is 9.80 Å². The van der Waals surface area contributed by atoms with E-state index in [1.807, 2.05) is 0 Å². The van der Waals surface area contributed by atoms with Crippen LogP contribution < -0.4 is 4.90 Å². The second-order valence-corrected chi connectivity index (χ2v) is 8.45. The van der Waals surface area contributed by atoms with Crippen molar-refractivity contribution in [1.82, 2.24) is 14.8 Å². The molecule has 4 rings (SSSR count).